The van der Waals surface area contributed by atoms with Crippen LogP contribution in [-0.2, 0) is 21.9 Å². The number of benzene rings is 2. The number of nitrogens with one attached hydrogen (secondary N) is 1. The summed E-state index contributed by atoms with van der Waals surface area (Å²) in [6.07, 6.45) is 0.817. The molecule has 0 bridgehead atoms. The van der Waals surface area contributed by atoms with E-state index in [0.717, 1.165) is 23.3 Å². The SMILES string of the molecule is CC[C@H](C)NC(=O)[C@H](C)N(Cc1ccc(F)cc1)C(=O)CSCc1ccccc1. The minimum absolute atomic E-state index is 0.0418. The standard InChI is InChI=1S/C23H29FN2O2S/c1-4-17(2)25-23(28)18(3)26(14-19-10-12-21(24)13-11-19)22(27)16-29-15-20-8-6-5-7-9-20/h5-13,17-18H,4,14-16H2,1-3H3,(H,25,28)/t17-,18-/m0/s1. The van der Waals surface area contributed by atoms with E-state index in [2.05, 4.69) is 5.32 Å². The molecule has 0 fully saturated rings. The van der Waals surface area contributed by atoms with Crippen molar-refractivity contribution in [2.45, 2.75) is 51.6 Å². The maximum absolute atomic E-state index is 13.2. The lowest BCUT2D eigenvalue weighted by atomic mass is 10.1. The highest BCUT2D eigenvalue weighted by Crippen LogP contribution is 2.16. The molecule has 2 rings (SSSR count). The molecule has 0 unspecified atom stereocenters. The number of rotatable bonds is 10. The zero-order chi connectivity index (χ0) is 21.2. The summed E-state index contributed by atoms with van der Waals surface area (Å²) in [6, 6.07) is 15.4. The number of hydrogen-bond donors (Lipinski definition) is 1. The van der Waals surface area contributed by atoms with E-state index in [1.54, 1.807) is 24.0 Å². The van der Waals surface area contributed by atoms with Crippen LogP contribution in [0.25, 0.3) is 0 Å². The lowest BCUT2D eigenvalue weighted by Crippen LogP contribution is -2.50. The smallest absolute Gasteiger partial charge is 0.242 e. The summed E-state index contributed by atoms with van der Waals surface area (Å²) >= 11 is 1.52. The van der Waals surface area contributed by atoms with Crippen molar-refractivity contribution in [2.75, 3.05) is 5.75 Å². The minimum Gasteiger partial charge on any atom is -0.352 e. The Morgan fingerprint density at radius 2 is 1.69 bits per heavy atom. The highest BCUT2D eigenvalue weighted by Gasteiger charge is 2.26. The molecule has 0 radical (unpaired) electrons. The first-order valence-electron chi connectivity index (χ1n) is 9.86. The molecule has 2 aromatic carbocycles. The fraction of sp³-hybridized carbons (Fsp3) is 0.391. The van der Waals surface area contributed by atoms with Crippen LogP contribution in [0.1, 0.15) is 38.3 Å². The fourth-order valence-corrected chi connectivity index (χ4v) is 3.62. The molecule has 0 aliphatic rings. The number of nitrogens with zero attached hydrogens (tertiary/aromatic N) is 1. The first kappa shape index (κ1) is 22.9. The maximum Gasteiger partial charge on any atom is 0.242 e. The van der Waals surface area contributed by atoms with Crippen molar-refractivity contribution >= 4 is 23.6 Å². The van der Waals surface area contributed by atoms with Crippen molar-refractivity contribution < 1.29 is 14.0 Å². The van der Waals surface area contributed by atoms with Crippen molar-refractivity contribution in [1.29, 1.82) is 0 Å². The van der Waals surface area contributed by atoms with Gasteiger partial charge in [0.15, 0.2) is 0 Å². The Hall–Kier alpha value is -2.34. The van der Waals surface area contributed by atoms with Crippen LogP contribution in [0.3, 0.4) is 0 Å². The number of amides is 2. The lowest BCUT2D eigenvalue weighted by Gasteiger charge is -2.29. The Morgan fingerprint density at radius 3 is 2.31 bits per heavy atom. The second-order valence-corrected chi connectivity index (χ2v) is 8.11. The van der Waals surface area contributed by atoms with E-state index in [1.165, 1.54) is 23.9 Å². The Balaban J connectivity index is 2.06. The maximum atomic E-state index is 13.2. The fourth-order valence-electron chi connectivity index (χ4n) is 2.75. The minimum atomic E-state index is -0.612. The van der Waals surface area contributed by atoms with Gasteiger partial charge in [-0.1, -0.05) is 49.4 Å². The Kier molecular flexibility index (Phi) is 9.19. The monoisotopic (exact) mass is 416 g/mol. The zero-order valence-electron chi connectivity index (χ0n) is 17.2. The van der Waals surface area contributed by atoms with Crippen molar-refractivity contribution in [3.05, 3.63) is 71.5 Å². The van der Waals surface area contributed by atoms with Gasteiger partial charge >= 0.3 is 0 Å². The molecule has 2 atom stereocenters. The summed E-state index contributed by atoms with van der Waals surface area (Å²) in [5.74, 6) is 0.388. The molecule has 4 nitrogen and oxygen atoms in total. The molecule has 0 heterocycles. The number of halogens is 1. The predicted molar refractivity (Wildman–Crippen MR) is 117 cm³/mol. The van der Waals surface area contributed by atoms with Crippen molar-refractivity contribution in [3.8, 4) is 0 Å². The van der Waals surface area contributed by atoms with Gasteiger partial charge in [-0.3, -0.25) is 9.59 Å². The predicted octanol–water partition coefficient (Wildman–Crippen LogP) is 4.39. The molecule has 6 heteroatoms. The number of carbonyl (C=O) groups is 2. The third-order valence-electron chi connectivity index (χ3n) is 4.77. The first-order chi connectivity index (χ1) is 13.9. The summed E-state index contributed by atoms with van der Waals surface area (Å²) in [4.78, 5) is 27.2. The molecule has 0 saturated heterocycles. The van der Waals surface area contributed by atoms with Crippen LogP contribution in [0.2, 0.25) is 0 Å². The van der Waals surface area contributed by atoms with E-state index >= 15 is 0 Å². The van der Waals surface area contributed by atoms with Gasteiger partial charge in [-0.05, 0) is 43.5 Å². The third-order valence-corrected chi connectivity index (χ3v) is 5.76. The molecule has 0 spiro atoms. The Labute approximate surface area is 176 Å². The molecule has 2 amide bonds. The third kappa shape index (κ3) is 7.54. The molecule has 0 aliphatic carbocycles. The number of hydrogen-bond acceptors (Lipinski definition) is 3. The molecule has 0 aliphatic heterocycles. The molecule has 0 aromatic heterocycles. The molecule has 0 saturated carbocycles. The van der Waals surface area contributed by atoms with Crippen molar-refractivity contribution in [1.82, 2.24) is 10.2 Å². The molecular weight excluding hydrogens is 387 g/mol. The van der Waals surface area contributed by atoms with E-state index in [1.807, 2.05) is 44.2 Å². The summed E-state index contributed by atoms with van der Waals surface area (Å²) in [5, 5.41) is 2.94. The van der Waals surface area contributed by atoms with E-state index in [0.29, 0.717) is 0 Å². The van der Waals surface area contributed by atoms with E-state index < -0.39 is 6.04 Å². The van der Waals surface area contributed by atoms with Crippen LogP contribution in [0.5, 0.6) is 0 Å². The summed E-state index contributed by atoms with van der Waals surface area (Å²) < 4.78 is 13.2. The van der Waals surface area contributed by atoms with Crippen molar-refractivity contribution in [2.24, 2.45) is 0 Å². The highest BCUT2D eigenvalue weighted by atomic mass is 32.2. The highest BCUT2D eigenvalue weighted by molar-refractivity contribution is 7.99. The zero-order valence-corrected chi connectivity index (χ0v) is 18.0. The number of thioether (sulfide) groups is 1. The van der Waals surface area contributed by atoms with Crippen LogP contribution in [0, 0.1) is 5.82 Å². The van der Waals surface area contributed by atoms with E-state index in [4.69, 9.17) is 0 Å². The summed E-state index contributed by atoms with van der Waals surface area (Å²) in [5.41, 5.74) is 1.94. The van der Waals surface area contributed by atoms with Crippen molar-refractivity contribution in [3.63, 3.8) is 0 Å². The second kappa shape index (κ2) is 11.6. The van der Waals surface area contributed by atoms with Crippen LogP contribution in [0.4, 0.5) is 4.39 Å². The van der Waals surface area contributed by atoms with Gasteiger partial charge in [0.1, 0.15) is 11.9 Å². The Morgan fingerprint density at radius 1 is 1.03 bits per heavy atom. The van der Waals surface area contributed by atoms with Gasteiger partial charge in [0, 0.05) is 18.3 Å². The average Bonchev–Trinajstić information content (AvgIpc) is 2.73. The number of carbonyl (C=O) groups excluding carboxylic acids is 2. The quantitative estimate of drug-likeness (QED) is 0.625. The van der Waals surface area contributed by atoms with Gasteiger partial charge in [0.05, 0.1) is 5.75 Å². The summed E-state index contributed by atoms with van der Waals surface area (Å²) in [7, 11) is 0. The normalized spacial score (nSPS) is 12.8. The average molecular weight is 417 g/mol. The van der Waals surface area contributed by atoms with Crippen LogP contribution in [0.15, 0.2) is 54.6 Å². The molecule has 1 N–H and O–H groups in total. The van der Waals surface area contributed by atoms with Gasteiger partial charge in [-0.15, -0.1) is 11.8 Å². The molecule has 29 heavy (non-hydrogen) atoms. The van der Waals surface area contributed by atoms with E-state index in [9.17, 15) is 14.0 Å². The lowest BCUT2D eigenvalue weighted by molar-refractivity contribution is -0.138. The van der Waals surface area contributed by atoms with E-state index in [-0.39, 0.29) is 36.0 Å². The largest absolute Gasteiger partial charge is 0.352 e. The topological polar surface area (TPSA) is 49.4 Å². The molecular formula is C23H29FN2O2S. The van der Waals surface area contributed by atoms with Gasteiger partial charge in [0.25, 0.3) is 0 Å². The van der Waals surface area contributed by atoms with Gasteiger partial charge in [0.2, 0.25) is 11.8 Å². The van der Waals surface area contributed by atoms with Gasteiger partial charge < -0.3 is 10.2 Å². The van der Waals surface area contributed by atoms with Gasteiger partial charge in [-0.2, -0.15) is 0 Å². The summed E-state index contributed by atoms with van der Waals surface area (Å²) in [6.45, 7) is 5.94. The van der Waals surface area contributed by atoms with Gasteiger partial charge in [-0.25, -0.2) is 4.39 Å². The molecule has 156 valence electrons. The van der Waals surface area contributed by atoms with Crippen LogP contribution in [-0.4, -0.2) is 34.6 Å². The second-order valence-electron chi connectivity index (χ2n) is 7.12. The molecule has 2 aromatic rings. The first-order valence-corrected chi connectivity index (χ1v) is 11.0. The Bertz CT molecular complexity index is 783. The van der Waals surface area contributed by atoms with Crippen LogP contribution >= 0.6 is 11.8 Å². The van der Waals surface area contributed by atoms with Crippen LogP contribution < -0.4 is 5.32 Å².